The molecular weight excluding hydrogens is 215 g/mol. The van der Waals surface area contributed by atoms with Crippen molar-refractivity contribution in [3.63, 3.8) is 0 Å². The first kappa shape index (κ1) is 12.4. The summed E-state index contributed by atoms with van der Waals surface area (Å²) >= 11 is 0. The molecule has 1 aromatic carbocycles. The third kappa shape index (κ3) is 3.43. The lowest BCUT2D eigenvalue weighted by atomic mass is 9.86. The summed E-state index contributed by atoms with van der Waals surface area (Å²) in [5, 5.41) is 0. The lowest BCUT2D eigenvalue weighted by Crippen LogP contribution is -2.32. The van der Waals surface area contributed by atoms with Crippen molar-refractivity contribution in [2.24, 2.45) is 11.7 Å². The lowest BCUT2D eigenvalue weighted by molar-refractivity contribution is 0.330. The second kappa shape index (κ2) is 5.50. The van der Waals surface area contributed by atoms with Gasteiger partial charge < -0.3 is 10.6 Å². The van der Waals surface area contributed by atoms with Crippen LogP contribution in [0.15, 0.2) is 24.3 Å². The minimum Gasteiger partial charge on any atom is -0.374 e. The van der Waals surface area contributed by atoms with E-state index in [0.717, 1.165) is 31.0 Å². The molecule has 1 fully saturated rings. The first-order valence-electron chi connectivity index (χ1n) is 6.37. The molecule has 2 nitrogen and oxygen atoms in total. The highest BCUT2D eigenvalue weighted by atomic mass is 19.1. The van der Waals surface area contributed by atoms with E-state index in [1.54, 1.807) is 0 Å². The molecule has 94 valence electrons. The van der Waals surface area contributed by atoms with E-state index < -0.39 is 0 Å². The van der Waals surface area contributed by atoms with Crippen molar-refractivity contribution in [1.29, 1.82) is 0 Å². The smallest absolute Gasteiger partial charge is 0.123 e. The Balaban J connectivity index is 1.88. The quantitative estimate of drug-likeness (QED) is 0.874. The maximum Gasteiger partial charge on any atom is 0.123 e. The number of benzene rings is 1. The van der Waals surface area contributed by atoms with Crippen LogP contribution < -0.4 is 10.6 Å². The van der Waals surface area contributed by atoms with Crippen LogP contribution in [0.3, 0.4) is 0 Å². The maximum absolute atomic E-state index is 12.8. The van der Waals surface area contributed by atoms with Crippen LogP contribution in [-0.2, 0) is 0 Å². The third-order valence-electron chi connectivity index (χ3n) is 3.69. The van der Waals surface area contributed by atoms with Crippen molar-refractivity contribution in [2.45, 2.75) is 31.7 Å². The Morgan fingerprint density at radius 3 is 2.35 bits per heavy atom. The average Bonchev–Trinajstić information content (AvgIpc) is 2.33. The summed E-state index contributed by atoms with van der Waals surface area (Å²) in [6.45, 7) is 1.04. The molecule has 0 aromatic heterocycles. The largest absolute Gasteiger partial charge is 0.374 e. The lowest BCUT2D eigenvalue weighted by Gasteiger charge is -2.30. The van der Waals surface area contributed by atoms with Crippen LogP contribution >= 0.6 is 0 Å². The third-order valence-corrected chi connectivity index (χ3v) is 3.69. The van der Waals surface area contributed by atoms with E-state index in [0.29, 0.717) is 6.04 Å². The Morgan fingerprint density at radius 1 is 1.18 bits per heavy atom. The van der Waals surface area contributed by atoms with Crippen LogP contribution in [0.4, 0.5) is 10.1 Å². The van der Waals surface area contributed by atoms with Crippen LogP contribution in [-0.4, -0.2) is 19.6 Å². The Morgan fingerprint density at radius 2 is 1.76 bits per heavy atom. The first-order chi connectivity index (χ1) is 8.15. The fourth-order valence-corrected chi connectivity index (χ4v) is 2.56. The zero-order valence-electron chi connectivity index (χ0n) is 10.4. The predicted octanol–water partition coefficient (Wildman–Crippen LogP) is 2.78. The van der Waals surface area contributed by atoms with Gasteiger partial charge in [-0.1, -0.05) is 0 Å². The molecule has 2 N–H and O–H groups in total. The van der Waals surface area contributed by atoms with Gasteiger partial charge in [-0.25, -0.2) is 4.39 Å². The normalized spacial score (nSPS) is 24.6. The topological polar surface area (TPSA) is 29.3 Å². The maximum atomic E-state index is 12.8. The van der Waals surface area contributed by atoms with Gasteiger partial charge >= 0.3 is 0 Å². The van der Waals surface area contributed by atoms with E-state index in [9.17, 15) is 4.39 Å². The van der Waals surface area contributed by atoms with Gasteiger partial charge in [-0.05, 0) is 55.9 Å². The van der Waals surface area contributed by atoms with Gasteiger partial charge in [-0.15, -0.1) is 0 Å². The van der Waals surface area contributed by atoms with E-state index in [1.807, 2.05) is 12.1 Å². The van der Waals surface area contributed by atoms with E-state index in [1.165, 1.54) is 25.0 Å². The monoisotopic (exact) mass is 236 g/mol. The summed E-state index contributed by atoms with van der Waals surface area (Å²) < 4.78 is 12.8. The molecule has 1 aliphatic carbocycles. The van der Waals surface area contributed by atoms with Gasteiger partial charge in [-0.2, -0.15) is 0 Å². The highest BCUT2D eigenvalue weighted by molar-refractivity contribution is 5.45. The van der Waals surface area contributed by atoms with E-state index in [-0.39, 0.29) is 5.82 Å². The molecule has 3 heteroatoms. The standard InChI is InChI=1S/C14H21FN2/c1-17(14-8-4-12(15)5-9-14)10-11-2-6-13(16)7-3-11/h4-5,8-9,11,13H,2-3,6-7,10,16H2,1H3. The second-order valence-electron chi connectivity index (χ2n) is 5.14. The van der Waals surface area contributed by atoms with Crippen LogP contribution in [0.25, 0.3) is 0 Å². The van der Waals surface area contributed by atoms with E-state index >= 15 is 0 Å². The molecule has 17 heavy (non-hydrogen) atoms. The summed E-state index contributed by atoms with van der Waals surface area (Å²) in [6, 6.07) is 7.11. The molecule has 0 heterocycles. The summed E-state index contributed by atoms with van der Waals surface area (Å²) in [6.07, 6.45) is 4.71. The predicted molar refractivity (Wildman–Crippen MR) is 69.6 cm³/mol. The Bertz CT molecular complexity index is 342. The summed E-state index contributed by atoms with van der Waals surface area (Å²) in [5.41, 5.74) is 6.98. The van der Waals surface area contributed by atoms with Gasteiger partial charge in [-0.3, -0.25) is 0 Å². The number of nitrogens with two attached hydrogens (primary N) is 1. The van der Waals surface area contributed by atoms with Gasteiger partial charge in [0.1, 0.15) is 5.82 Å². The zero-order chi connectivity index (χ0) is 12.3. The van der Waals surface area contributed by atoms with E-state index in [4.69, 9.17) is 5.73 Å². The Kier molecular flexibility index (Phi) is 4.00. The fraction of sp³-hybridized carbons (Fsp3) is 0.571. The summed E-state index contributed by atoms with van der Waals surface area (Å²) in [4.78, 5) is 2.21. The van der Waals surface area contributed by atoms with Crippen molar-refractivity contribution >= 4 is 5.69 Å². The van der Waals surface area contributed by atoms with Crippen LogP contribution in [0.1, 0.15) is 25.7 Å². The molecule has 1 saturated carbocycles. The molecule has 2 rings (SSSR count). The highest BCUT2D eigenvalue weighted by Gasteiger charge is 2.19. The SMILES string of the molecule is CN(CC1CCC(N)CC1)c1ccc(F)cc1. The summed E-state index contributed by atoms with van der Waals surface area (Å²) in [5.74, 6) is 0.552. The van der Waals surface area contributed by atoms with Crippen molar-refractivity contribution < 1.29 is 4.39 Å². The van der Waals surface area contributed by atoms with Crippen molar-refractivity contribution in [3.8, 4) is 0 Å². The molecule has 1 aromatic rings. The fourth-order valence-electron chi connectivity index (χ4n) is 2.56. The van der Waals surface area contributed by atoms with E-state index in [2.05, 4.69) is 11.9 Å². The number of halogens is 1. The van der Waals surface area contributed by atoms with Gasteiger partial charge in [0.05, 0.1) is 0 Å². The minimum atomic E-state index is -0.175. The van der Waals surface area contributed by atoms with Crippen molar-refractivity contribution in [3.05, 3.63) is 30.1 Å². The molecule has 0 amide bonds. The zero-order valence-corrected chi connectivity index (χ0v) is 10.4. The highest BCUT2D eigenvalue weighted by Crippen LogP contribution is 2.25. The van der Waals surface area contributed by atoms with Crippen molar-refractivity contribution in [1.82, 2.24) is 0 Å². The van der Waals surface area contributed by atoms with Gasteiger partial charge in [0.15, 0.2) is 0 Å². The second-order valence-corrected chi connectivity index (χ2v) is 5.14. The van der Waals surface area contributed by atoms with Gasteiger partial charge in [0.25, 0.3) is 0 Å². The molecule has 0 bridgehead atoms. The van der Waals surface area contributed by atoms with Crippen LogP contribution in [0, 0.1) is 11.7 Å². The van der Waals surface area contributed by atoms with Gasteiger partial charge in [0, 0.05) is 25.3 Å². The molecule has 0 aliphatic heterocycles. The number of nitrogens with zero attached hydrogens (tertiary/aromatic N) is 1. The Labute approximate surface area is 103 Å². The molecule has 0 atom stereocenters. The molecule has 0 saturated heterocycles. The van der Waals surface area contributed by atoms with Crippen LogP contribution in [0.2, 0.25) is 0 Å². The molecule has 0 radical (unpaired) electrons. The number of anilines is 1. The molecular formula is C14H21FN2. The van der Waals surface area contributed by atoms with Gasteiger partial charge in [0.2, 0.25) is 0 Å². The minimum absolute atomic E-state index is 0.175. The first-order valence-corrected chi connectivity index (χ1v) is 6.37. The van der Waals surface area contributed by atoms with Crippen LogP contribution in [0.5, 0.6) is 0 Å². The Hall–Kier alpha value is -1.09. The summed E-state index contributed by atoms with van der Waals surface area (Å²) in [7, 11) is 2.07. The average molecular weight is 236 g/mol. The molecule has 0 unspecified atom stereocenters. The number of hydrogen-bond acceptors (Lipinski definition) is 2. The molecule has 1 aliphatic rings. The number of hydrogen-bond donors (Lipinski definition) is 1. The van der Waals surface area contributed by atoms with Crippen molar-refractivity contribution in [2.75, 3.05) is 18.5 Å². The number of rotatable bonds is 3. The molecule has 0 spiro atoms.